The van der Waals surface area contributed by atoms with Crippen molar-refractivity contribution in [2.24, 2.45) is 0 Å². The molecule has 0 atom stereocenters. The molecule has 0 saturated carbocycles. The van der Waals surface area contributed by atoms with Gasteiger partial charge in [-0.15, -0.1) is 0 Å². The lowest BCUT2D eigenvalue weighted by atomic mass is 10.2. The Kier molecular flexibility index (Phi) is 4.77. The minimum atomic E-state index is 1.22. The van der Waals surface area contributed by atoms with Gasteiger partial charge in [0, 0.05) is 0 Å². The first-order chi connectivity index (χ1) is 8.95. The molecule has 0 spiro atoms. The number of hydrogen-bond acceptors (Lipinski definition) is 0. The topological polar surface area (TPSA) is 0 Å². The molecule has 0 aromatic heterocycles. The molecule has 0 heterocycles. The Balaban J connectivity index is 1.86. The number of rotatable bonds is 4. The summed E-state index contributed by atoms with van der Waals surface area (Å²) >= 11 is 0. The second-order valence-electron chi connectivity index (χ2n) is 3.92. The predicted octanol–water partition coefficient (Wildman–Crippen LogP) is 4.97. The van der Waals surface area contributed by atoms with Crippen LogP contribution >= 0.6 is 0 Å². The molecule has 0 unspecified atom stereocenters. The van der Waals surface area contributed by atoms with Gasteiger partial charge in [-0.2, -0.15) is 0 Å². The maximum absolute atomic E-state index is 2.09. The molecule has 0 fully saturated rings. The van der Waals surface area contributed by atoms with E-state index in [4.69, 9.17) is 0 Å². The van der Waals surface area contributed by atoms with Crippen molar-refractivity contribution in [2.45, 2.75) is 0 Å². The van der Waals surface area contributed by atoms with Crippen LogP contribution in [0.5, 0.6) is 0 Å². The van der Waals surface area contributed by atoms with Gasteiger partial charge < -0.3 is 0 Å². The molecule has 0 N–H and O–H groups in total. The highest BCUT2D eigenvalue weighted by Crippen LogP contribution is 2.02. The summed E-state index contributed by atoms with van der Waals surface area (Å²) in [6.07, 6.45) is 12.3. The van der Waals surface area contributed by atoms with Crippen LogP contribution in [0.3, 0.4) is 0 Å². The zero-order valence-electron chi connectivity index (χ0n) is 10.2. The van der Waals surface area contributed by atoms with Gasteiger partial charge in [-0.1, -0.05) is 97.1 Å². The number of allylic oxidation sites excluding steroid dienone is 4. The van der Waals surface area contributed by atoms with E-state index >= 15 is 0 Å². The van der Waals surface area contributed by atoms with E-state index < -0.39 is 0 Å². The summed E-state index contributed by atoms with van der Waals surface area (Å²) in [6, 6.07) is 20.6. The van der Waals surface area contributed by atoms with E-state index in [0.717, 1.165) is 0 Å². The lowest BCUT2D eigenvalue weighted by Gasteiger charge is -1.89. The Morgan fingerprint density at radius 2 is 0.833 bits per heavy atom. The van der Waals surface area contributed by atoms with Crippen LogP contribution in [0, 0.1) is 0 Å². The molecular weight excluding hydrogens is 216 g/mol. The average Bonchev–Trinajstić information content (AvgIpc) is 2.45. The molecule has 0 heteroatoms. The van der Waals surface area contributed by atoms with Gasteiger partial charge in [0.1, 0.15) is 0 Å². The Hall–Kier alpha value is -2.34. The van der Waals surface area contributed by atoms with E-state index in [2.05, 4.69) is 36.4 Å². The number of hydrogen-bond donors (Lipinski definition) is 0. The molecule has 0 saturated heterocycles. The van der Waals surface area contributed by atoms with Crippen LogP contribution in [0.1, 0.15) is 11.1 Å². The largest absolute Gasteiger partial charge is 0.0622 e. The van der Waals surface area contributed by atoms with Crippen molar-refractivity contribution < 1.29 is 0 Å². The van der Waals surface area contributed by atoms with E-state index in [-0.39, 0.29) is 0 Å². The summed E-state index contributed by atoms with van der Waals surface area (Å²) in [5.74, 6) is 0. The van der Waals surface area contributed by atoms with Gasteiger partial charge in [0.15, 0.2) is 0 Å². The Morgan fingerprint density at radius 3 is 1.22 bits per heavy atom. The maximum Gasteiger partial charge on any atom is -0.0257 e. The summed E-state index contributed by atoms with van der Waals surface area (Å²) in [4.78, 5) is 0. The van der Waals surface area contributed by atoms with Gasteiger partial charge in [0.2, 0.25) is 0 Å². The van der Waals surface area contributed by atoms with Crippen LogP contribution in [0.25, 0.3) is 12.2 Å². The third-order valence-corrected chi connectivity index (χ3v) is 2.51. The molecular formula is C18H16. The summed E-state index contributed by atoms with van der Waals surface area (Å²) in [5.41, 5.74) is 2.43. The summed E-state index contributed by atoms with van der Waals surface area (Å²) < 4.78 is 0. The van der Waals surface area contributed by atoms with Crippen LogP contribution in [-0.4, -0.2) is 0 Å². The van der Waals surface area contributed by atoms with Crippen molar-refractivity contribution in [3.05, 3.63) is 96.1 Å². The first kappa shape index (κ1) is 12.1. The Labute approximate surface area is 109 Å². The molecule has 0 aliphatic rings. The summed E-state index contributed by atoms with van der Waals surface area (Å²) in [5, 5.41) is 0. The smallest absolute Gasteiger partial charge is 0.0257 e. The highest BCUT2D eigenvalue weighted by Gasteiger charge is 1.80. The summed E-state index contributed by atoms with van der Waals surface area (Å²) in [6.45, 7) is 0. The zero-order valence-corrected chi connectivity index (χ0v) is 10.2. The van der Waals surface area contributed by atoms with Crippen LogP contribution < -0.4 is 0 Å². The normalized spacial score (nSPS) is 11.8. The maximum atomic E-state index is 2.09. The van der Waals surface area contributed by atoms with Crippen molar-refractivity contribution in [1.29, 1.82) is 0 Å². The zero-order chi connectivity index (χ0) is 12.5. The molecule has 0 aliphatic heterocycles. The summed E-state index contributed by atoms with van der Waals surface area (Å²) in [7, 11) is 0. The minimum Gasteiger partial charge on any atom is -0.0622 e. The lowest BCUT2D eigenvalue weighted by Crippen LogP contribution is -1.67. The van der Waals surface area contributed by atoms with Crippen molar-refractivity contribution in [1.82, 2.24) is 0 Å². The highest BCUT2D eigenvalue weighted by molar-refractivity contribution is 5.53. The van der Waals surface area contributed by atoms with Gasteiger partial charge in [-0.05, 0) is 11.1 Å². The predicted molar refractivity (Wildman–Crippen MR) is 80.1 cm³/mol. The first-order valence-electron chi connectivity index (χ1n) is 6.07. The second-order valence-corrected chi connectivity index (χ2v) is 3.92. The van der Waals surface area contributed by atoms with E-state index in [0.29, 0.717) is 0 Å². The highest BCUT2D eigenvalue weighted by atomic mass is 13.9. The van der Waals surface area contributed by atoms with E-state index in [9.17, 15) is 0 Å². The van der Waals surface area contributed by atoms with Crippen molar-refractivity contribution in [3.8, 4) is 0 Å². The lowest BCUT2D eigenvalue weighted by molar-refractivity contribution is 1.66. The van der Waals surface area contributed by atoms with Crippen LogP contribution in [0.15, 0.2) is 85.0 Å². The Morgan fingerprint density at radius 1 is 0.444 bits per heavy atom. The number of benzene rings is 2. The fraction of sp³-hybridized carbons (Fsp3) is 0. The van der Waals surface area contributed by atoms with Crippen LogP contribution in [-0.2, 0) is 0 Å². The molecule has 88 valence electrons. The minimum absolute atomic E-state index is 1.22. The van der Waals surface area contributed by atoms with E-state index in [1.54, 1.807) is 0 Å². The van der Waals surface area contributed by atoms with E-state index in [1.807, 2.05) is 60.7 Å². The van der Waals surface area contributed by atoms with E-state index in [1.165, 1.54) is 11.1 Å². The first-order valence-corrected chi connectivity index (χ1v) is 6.07. The molecule has 2 aromatic carbocycles. The van der Waals surface area contributed by atoms with Crippen LogP contribution in [0.2, 0.25) is 0 Å². The molecule has 2 aromatic rings. The third-order valence-electron chi connectivity index (χ3n) is 2.51. The average molecular weight is 232 g/mol. The van der Waals surface area contributed by atoms with Crippen molar-refractivity contribution >= 4 is 12.2 Å². The fourth-order valence-electron chi connectivity index (χ4n) is 1.59. The molecule has 18 heavy (non-hydrogen) atoms. The molecule has 0 aliphatic carbocycles. The third kappa shape index (κ3) is 4.26. The SMILES string of the molecule is C(/C=C\c1ccccc1)=C/C=C/c1ccccc1. The molecule has 0 nitrogen and oxygen atoms in total. The van der Waals surface area contributed by atoms with Gasteiger partial charge in [0.05, 0.1) is 0 Å². The standard InChI is InChI=1S/C18H16/c1(5-11-17-13-7-3-8-14-17)2-6-12-18-15-9-4-10-16-18/h1-16H/b2-1-,11-5-,12-6+. The van der Waals surface area contributed by atoms with Gasteiger partial charge in [-0.25, -0.2) is 0 Å². The molecule has 0 radical (unpaired) electrons. The quantitative estimate of drug-likeness (QED) is 0.653. The van der Waals surface area contributed by atoms with Gasteiger partial charge in [-0.3, -0.25) is 0 Å². The monoisotopic (exact) mass is 232 g/mol. The Bertz CT molecular complexity index is 479. The molecule has 0 amide bonds. The van der Waals surface area contributed by atoms with Crippen molar-refractivity contribution in [2.75, 3.05) is 0 Å². The van der Waals surface area contributed by atoms with Gasteiger partial charge in [0.25, 0.3) is 0 Å². The fourth-order valence-corrected chi connectivity index (χ4v) is 1.59. The van der Waals surface area contributed by atoms with Gasteiger partial charge >= 0.3 is 0 Å². The van der Waals surface area contributed by atoms with Crippen molar-refractivity contribution in [3.63, 3.8) is 0 Å². The second kappa shape index (κ2) is 7.08. The molecule has 2 rings (SSSR count). The van der Waals surface area contributed by atoms with Crippen LogP contribution in [0.4, 0.5) is 0 Å². The molecule has 0 bridgehead atoms.